The summed E-state index contributed by atoms with van der Waals surface area (Å²) in [4.78, 5) is 11.6. The number of H-pyrrole nitrogens is 1. The molecule has 0 aromatic carbocycles. The highest BCUT2D eigenvalue weighted by Crippen LogP contribution is 2.36. The van der Waals surface area contributed by atoms with E-state index in [-0.39, 0.29) is 5.69 Å². The van der Waals surface area contributed by atoms with Gasteiger partial charge < -0.3 is 5.73 Å². The second-order valence-corrected chi connectivity index (χ2v) is 5.68. The van der Waals surface area contributed by atoms with Gasteiger partial charge in [0.25, 0.3) is 0 Å². The van der Waals surface area contributed by atoms with Gasteiger partial charge in [-0.2, -0.15) is 5.10 Å². The molecule has 0 bridgehead atoms. The van der Waals surface area contributed by atoms with E-state index in [0.29, 0.717) is 11.9 Å². The van der Waals surface area contributed by atoms with Gasteiger partial charge in [-0.05, 0) is 25.3 Å². The maximum atomic E-state index is 11.6. The molecule has 2 aromatic heterocycles. The van der Waals surface area contributed by atoms with Gasteiger partial charge in [0.05, 0.1) is 0 Å². The Morgan fingerprint density at radius 1 is 1.53 bits per heavy atom. The number of nitrogens with zero attached hydrogens (tertiary/aromatic N) is 4. The topological polar surface area (TPSA) is 94.5 Å². The van der Waals surface area contributed by atoms with Gasteiger partial charge in [0, 0.05) is 24.5 Å². The van der Waals surface area contributed by atoms with E-state index in [2.05, 4.69) is 15.3 Å². The van der Waals surface area contributed by atoms with E-state index in [1.54, 1.807) is 22.4 Å². The first kappa shape index (κ1) is 12.3. The van der Waals surface area contributed by atoms with Crippen LogP contribution in [0, 0.1) is 0 Å². The Morgan fingerprint density at radius 2 is 2.37 bits per heavy atom. The number of hydrogen-bond donors (Lipinski definition) is 2. The summed E-state index contributed by atoms with van der Waals surface area (Å²) in [5.74, 6) is 1.44. The summed E-state index contributed by atoms with van der Waals surface area (Å²) in [6.45, 7) is 0.822. The quantitative estimate of drug-likeness (QED) is 0.604. The van der Waals surface area contributed by atoms with Crippen molar-refractivity contribution in [2.75, 3.05) is 11.5 Å². The molecule has 102 valence electrons. The molecule has 3 rings (SSSR count). The Labute approximate surface area is 114 Å². The van der Waals surface area contributed by atoms with Crippen LogP contribution in [-0.2, 0) is 6.54 Å². The Balaban J connectivity index is 1.51. The molecule has 1 aliphatic carbocycles. The van der Waals surface area contributed by atoms with E-state index >= 15 is 0 Å². The average Bonchev–Trinajstić information content (AvgIpc) is 3.04. The zero-order valence-corrected chi connectivity index (χ0v) is 11.3. The second kappa shape index (κ2) is 5.12. The predicted molar refractivity (Wildman–Crippen MR) is 73.1 cm³/mol. The Kier molecular flexibility index (Phi) is 3.33. The summed E-state index contributed by atoms with van der Waals surface area (Å²) in [5.41, 5.74) is 5.45. The van der Waals surface area contributed by atoms with E-state index in [1.165, 1.54) is 0 Å². The molecule has 0 radical (unpaired) electrons. The van der Waals surface area contributed by atoms with E-state index < -0.39 is 0 Å². The van der Waals surface area contributed by atoms with E-state index in [1.807, 2.05) is 10.9 Å². The predicted octanol–water partition coefficient (Wildman–Crippen LogP) is 0.867. The van der Waals surface area contributed by atoms with Crippen LogP contribution >= 0.6 is 11.8 Å². The molecule has 2 aromatic rings. The first-order valence-corrected chi connectivity index (χ1v) is 7.31. The van der Waals surface area contributed by atoms with Crippen LogP contribution in [0.15, 0.2) is 22.2 Å². The van der Waals surface area contributed by atoms with Crippen LogP contribution in [0.4, 0.5) is 5.82 Å². The van der Waals surface area contributed by atoms with Crippen LogP contribution in [0.1, 0.15) is 25.3 Å². The molecule has 1 aliphatic rings. The van der Waals surface area contributed by atoms with Crippen molar-refractivity contribution in [1.82, 2.24) is 24.5 Å². The first-order valence-electron chi connectivity index (χ1n) is 6.32. The minimum absolute atomic E-state index is 0.0927. The van der Waals surface area contributed by atoms with Gasteiger partial charge in [0.15, 0.2) is 5.16 Å². The van der Waals surface area contributed by atoms with Crippen LogP contribution < -0.4 is 11.4 Å². The van der Waals surface area contributed by atoms with Crippen molar-refractivity contribution in [2.45, 2.75) is 37.0 Å². The lowest BCUT2D eigenvalue weighted by Crippen LogP contribution is -2.16. The maximum absolute atomic E-state index is 11.6. The van der Waals surface area contributed by atoms with Crippen molar-refractivity contribution in [3.05, 3.63) is 22.7 Å². The Bertz CT molecular complexity index is 611. The fourth-order valence-electron chi connectivity index (χ4n) is 1.94. The number of anilines is 1. The Morgan fingerprint density at radius 3 is 3.05 bits per heavy atom. The smallest absolute Gasteiger partial charge is 0.344 e. The number of hydrogen-bond acceptors (Lipinski definition) is 5. The molecule has 0 unspecified atom stereocenters. The third-order valence-corrected chi connectivity index (χ3v) is 4.05. The van der Waals surface area contributed by atoms with Crippen molar-refractivity contribution in [1.29, 1.82) is 0 Å². The van der Waals surface area contributed by atoms with Gasteiger partial charge in [-0.25, -0.2) is 9.89 Å². The second-order valence-electron chi connectivity index (χ2n) is 4.62. The molecule has 0 amide bonds. The summed E-state index contributed by atoms with van der Waals surface area (Å²) in [7, 11) is 0. The number of aryl methyl sites for hydroxylation is 1. The number of nitrogens with one attached hydrogen (secondary N) is 1. The lowest BCUT2D eigenvalue weighted by molar-refractivity contribution is 0.606. The number of aromatic amines is 1. The molecular formula is C11H16N6OS. The van der Waals surface area contributed by atoms with Crippen LogP contribution in [0.2, 0.25) is 0 Å². The molecule has 0 atom stereocenters. The van der Waals surface area contributed by atoms with Crippen molar-refractivity contribution >= 4 is 17.6 Å². The molecule has 1 fully saturated rings. The molecular weight excluding hydrogens is 264 g/mol. The highest BCUT2D eigenvalue weighted by molar-refractivity contribution is 7.99. The number of nitrogens with two attached hydrogens (primary N) is 1. The maximum Gasteiger partial charge on any atom is 0.344 e. The molecule has 1 saturated carbocycles. The van der Waals surface area contributed by atoms with Crippen molar-refractivity contribution in [2.24, 2.45) is 0 Å². The van der Waals surface area contributed by atoms with Gasteiger partial charge in [0.2, 0.25) is 0 Å². The van der Waals surface area contributed by atoms with Crippen LogP contribution in [0.3, 0.4) is 0 Å². The minimum Gasteiger partial charge on any atom is -0.382 e. The van der Waals surface area contributed by atoms with E-state index in [0.717, 1.165) is 36.7 Å². The zero-order valence-electron chi connectivity index (χ0n) is 10.5. The van der Waals surface area contributed by atoms with E-state index in [4.69, 9.17) is 5.73 Å². The van der Waals surface area contributed by atoms with Crippen LogP contribution in [-0.4, -0.2) is 30.3 Å². The normalized spacial score (nSPS) is 14.9. The summed E-state index contributed by atoms with van der Waals surface area (Å²) in [6, 6.07) is 2.14. The first-order chi connectivity index (χ1) is 9.24. The summed E-state index contributed by atoms with van der Waals surface area (Å²) < 4.78 is 3.60. The number of nitrogen functional groups attached to an aromatic ring is 1. The SMILES string of the molecule is Nc1ccn(CCCSc2n[nH]c(=O)n2C2CC2)n1. The summed E-state index contributed by atoms with van der Waals surface area (Å²) in [5, 5.41) is 11.5. The van der Waals surface area contributed by atoms with Crippen LogP contribution in [0.5, 0.6) is 0 Å². The lowest BCUT2D eigenvalue weighted by Gasteiger charge is -2.03. The molecule has 2 heterocycles. The number of rotatable bonds is 6. The minimum atomic E-state index is -0.0927. The van der Waals surface area contributed by atoms with Crippen molar-refractivity contribution in [3.63, 3.8) is 0 Å². The molecule has 0 aliphatic heterocycles. The van der Waals surface area contributed by atoms with Crippen molar-refractivity contribution in [3.8, 4) is 0 Å². The summed E-state index contributed by atoms with van der Waals surface area (Å²) >= 11 is 1.61. The monoisotopic (exact) mass is 280 g/mol. The third kappa shape index (κ3) is 2.83. The van der Waals surface area contributed by atoms with Gasteiger partial charge in [-0.1, -0.05) is 11.8 Å². The van der Waals surface area contributed by atoms with Gasteiger partial charge in [-0.3, -0.25) is 9.25 Å². The molecule has 3 N–H and O–H groups in total. The fourth-order valence-corrected chi connectivity index (χ4v) is 2.88. The lowest BCUT2D eigenvalue weighted by atomic mass is 10.5. The average molecular weight is 280 g/mol. The molecule has 7 nitrogen and oxygen atoms in total. The molecule has 8 heteroatoms. The molecule has 19 heavy (non-hydrogen) atoms. The number of aromatic nitrogens is 5. The van der Waals surface area contributed by atoms with Crippen LogP contribution in [0.25, 0.3) is 0 Å². The Hall–Kier alpha value is -1.70. The summed E-state index contributed by atoms with van der Waals surface area (Å²) in [6.07, 6.45) is 4.99. The largest absolute Gasteiger partial charge is 0.382 e. The molecule has 0 saturated heterocycles. The standard InChI is InChI=1S/C11H16N6OS/c12-9-4-6-16(15-9)5-1-7-19-11-14-13-10(18)17(11)8-2-3-8/h4,6,8H,1-3,5,7H2,(H2,12,15)(H,13,18). The third-order valence-electron chi connectivity index (χ3n) is 3.01. The van der Waals surface area contributed by atoms with Gasteiger partial charge >= 0.3 is 5.69 Å². The number of thioether (sulfide) groups is 1. The molecule has 0 spiro atoms. The zero-order chi connectivity index (χ0) is 13.2. The van der Waals surface area contributed by atoms with Gasteiger partial charge in [0.1, 0.15) is 5.82 Å². The van der Waals surface area contributed by atoms with E-state index in [9.17, 15) is 4.79 Å². The fraction of sp³-hybridized carbons (Fsp3) is 0.545. The highest BCUT2D eigenvalue weighted by atomic mass is 32.2. The van der Waals surface area contributed by atoms with Crippen molar-refractivity contribution < 1.29 is 0 Å². The van der Waals surface area contributed by atoms with Gasteiger partial charge in [-0.15, -0.1) is 5.10 Å². The highest BCUT2D eigenvalue weighted by Gasteiger charge is 2.28.